The predicted octanol–water partition coefficient (Wildman–Crippen LogP) is 1.80. The maximum atomic E-state index is 3.60. The van der Waals surface area contributed by atoms with Gasteiger partial charge in [-0.15, -0.1) is 0 Å². The maximum absolute atomic E-state index is 3.60. The van der Waals surface area contributed by atoms with Crippen LogP contribution >= 0.6 is 0 Å². The van der Waals surface area contributed by atoms with E-state index in [-0.39, 0.29) is 25.8 Å². The normalized spacial score (nSPS) is 7.33. The molecule has 2 heteroatoms. The van der Waals surface area contributed by atoms with Crippen LogP contribution in [0.25, 0.3) is 0 Å². The van der Waals surface area contributed by atoms with Gasteiger partial charge in [0.05, 0.1) is 0 Å². The second kappa shape index (κ2) is 15.9. The average molecular weight is 295 g/mol. The first-order chi connectivity index (χ1) is 3.65. The molecule has 0 heterocycles. The first-order valence-corrected chi connectivity index (χ1v) is 3.05. The monoisotopic (exact) mass is 296 g/mol. The van der Waals surface area contributed by atoms with Crippen LogP contribution in [0.15, 0.2) is 0 Å². The van der Waals surface area contributed by atoms with Gasteiger partial charge >= 0.3 is 0 Å². The van der Waals surface area contributed by atoms with Gasteiger partial charge in [-0.2, -0.15) is 6.42 Å². The molecule has 0 spiro atoms. The zero-order valence-electron chi connectivity index (χ0n) is 7.07. The van der Waals surface area contributed by atoms with E-state index in [4.69, 9.17) is 0 Å². The van der Waals surface area contributed by atoms with E-state index >= 15 is 0 Å². The van der Waals surface area contributed by atoms with Gasteiger partial charge in [-0.1, -0.05) is 13.3 Å². The number of hydrogen-bond acceptors (Lipinski definition) is 1. The van der Waals surface area contributed by atoms with Gasteiger partial charge in [-0.05, 0) is 21.1 Å². The fourth-order valence-electron chi connectivity index (χ4n) is 0. The Morgan fingerprint density at radius 3 is 1.33 bits per heavy atom. The largest absolute Gasteiger partial charge is 0.343 e. The Morgan fingerprint density at radius 2 is 1.33 bits per heavy atom. The molecule has 0 aromatic heterocycles. The molecule has 0 radical (unpaired) electrons. The van der Waals surface area contributed by atoms with Gasteiger partial charge in [0.1, 0.15) is 0 Å². The number of rotatable bonds is 1. The number of unbranched alkanes of at least 4 members (excludes halogenated alkanes) is 1. The Morgan fingerprint density at radius 1 is 1.22 bits per heavy atom. The van der Waals surface area contributed by atoms with E-state index in [0.717, 1.165) is 6.42 Å². The molecule has 1 nitrogen and oxygen atoms in total. The van der Waals surface area contributed by atoms with Gasteiger partial charge in [0.2, 0.25) is 0 Å². The Balaban J connectivity index is -0.0000000720. The summed E-state index contributed by atoms with van der Waals surface area (Å²) < 4.78 is 0. The van der Waals surface area contributed by atoms with Gasteiger partial charge in [-0.3, -0.25) is 0 Å². The average Bonchev–Trinajstić information content (AvgIpc) is 1.65. The Bertz CT molecular complexity index is 25.3. The Kier molecular flexibility index (Phi) is 29.1. The molecule has 0 aromatic carbocycles. The molecule has 0 aliphatic heterocycles. The zero-order valence-corrected chi connectivity index (χ0v) is 10.7. The quantitative estimate of drug-likeness (QED) is 0.526. The molecule has 0 atom stereocenters. The molecule has 56 valence electrons. The molecule has 0 fully saturated rings. The standard InChI is InChI=1S/C4H9.C3H9N.Hf/c1-3-4-2;1-4(2)3;/h1,3-4H2,2H3;1-3H3;/q-1;;. The van der Waals surface area contributed by atoms with E-state index in [2.05, 4.69) is 13.8 Å². The predicted molar refractivity (Wildman–Crippen MR) is 39.9 cm³/mol. The van der Waals surface area contributed by atoms with Crippen LogP contribution in [0, 0.1) is 6.92 Å². The Labute approximate surface area is 78.6 Å². The van der Waals surface area contributed by atoms with Crippen molar-refractivity contribution in [2.24, 2.45) is 0 Å². The fourth-order valence-corrected chi connectivity index (χ4v) is 0. The molecule has 0 saturated carbocycles. The summed E-state index contributed by atoms with van der Waals surface area (Å²) in [6.45, 7) is 5.72. The molecular weight excluding hydrogens is 277 g/mol. The fraction of sp³-hybridized carbons (Fsp3) is 0.857. The first-order valence-electron chi connectivity index (χ1n) is 3.05. The summed E-state index contributed by atoms with van der Waals surface area (Å²) in [5.74, 6) is 0. The molecule has 0 aliphatic rings. The van der Waals surface area contributed by atoms with Crippen LogP contribution in [0.5, 0.6) is 0 Å². The summed E-state index contributed by atoms with van der Waals surface area (Å²) >= 11 is 0. The summed E-state index contributed by atoms with van der Waals surface area (Å²) in [5.41, 5.74) is 0. The smallest absolute Gasteiger partial charge is 0 e. The van der Waals surface area contributed by atoms with E-state index < -0.39 is 0 Å². The van der Waals surface area contributed by atoms with Crippen LogP contribution in [0.4, 0.5) is 0 Å². The van der Waals surface area contributed by atoms with E-state index in [1.807, 2.05) is 26.0 Å². The minimum absolute atomic E-state index is 0. The maximum Gasteiger partial charge on any atom is 0 e. The van der Waals surface area contributed by atoms with Gasteiger partial charge in [0.15, 0.2) is 0 Å². The summed E-state index contributed by atoms with van der Waals surface area (Å²) in [6, 6.07) is 0. The third kappa shape index (κ3) is 123. The number of nitrogens with zero attached hydrogens (tertiary/aromatic N) is 1. The second-order valence-electron chi connectivity index (χ2n) is 2.20. The third-order valence-electron chi connectivity index (χ3n) is 0.354. The molecule has 0 bridgehead atoms. The van der Waals surface area contributed by atoms with Crippen molar-refractivity contribution in [2.45, 2.75) is 19.8 Å². The molecule has 0 aliphatic carbocycles. The van der Waals surface area contributed by atoms with E-state index in [1.54, 1.807) is 0 Å². The Hall–Kier alpha value is 0.830. The van der Waals surface area contributed by atoms with Crippen LogP contribution < -0.4 is 0 Å². The van der Waals surface area contributed by atoms with Crippen LogP contribution in [0.1, 0.15) is 19.8 Å². The van der Waals surface area contributed by atoms with Crippen LogP contribution in [0.3, 0.4) is 0 Å². The first kappa shape index (κ1) is 16.4. The SMILES string of the molecule is CN(C)C.[CH2-]CCC.[Hf]. The molecule has 0 saturated heterocycles. The molecule has 0 N–H and O–H groups in total. The molecule has 0 unspecified atom stereocenters. The molecular formula is C7H18HfN-. The van der Waals surface area contributed by atoms with Crippen molar-refractivity contribution >= 4 is 0 Å². The van der Waals surface area contributed by atoms with Crippen LogP contribution in [-0.4, -0.2) is 26.0 Å². The molecule has 0 aromatic rings. The van der Waals surface area contributed by atoms with Crippen molar-refractivity contribution in [3.63, 3.8) is 0 Å². The van der Waals surface area contributed by atoms with E-state index in [9.17, 15) is 0 Å². The van der Waals surface area contributed by atoms with Gasteiger partial charge in [-0.25, -0.2) is 0 Å². The van der Waals surface area contributed by atoms with Gasteiger partial charge < -0.3 is 11.8 Å². The second-order valence-corrected chi connectivity index (χ2v) is 2.20. The number of hydrogen-bond donors (Lipinski definition) is 0. The topological polar surface area (TPSA) is 3.24 Å². The zero-order chi connectivity index (χ0) is 6.99. The van der Waals surface area contributed by atoms with Crippen molar-refractivity contribution in [3.8, 4) is 0 Å². The third-order valence-corrected chi connectivity index (χ3v) is 0.354. The van der Waals surface area contributed by atoms with E-state index in [0.29, 0.717) is 0 Å². The van der Waals surface area contributed by atoms with Gasteiger partial charge in [0, 0.05) is 25.8 Å². The minimum Gasteiger partial charge on any atom is -0.343 e. The van der Waals surface area contributed by atoms with Crippen LogP contribution in [0.2, 0.25) is 0 Å². The summed E-state index contributed by atoms with van der Waals surface area (Å²) in [7, 11) is 6.00. The summed E-state index contributed by atoms with van der Waals surface area (Å²) in [6.07, 6.45) is 2.28. The summed E-state index contributed by atoms with van der Waals surface area (Å²) in [4.78, 5) is 2.00. The van der Waals surface area contributed by atoms with Crippen LogP contribution in [-0.2, 0) is 25.8 Å². The minimum atomic E-state index is 0. The molecule has 9 heavy (non-hydrogen) atoms. The van der Waals surface area contributed by atoms with Crippen molar-refractivity contribution in [2.75, 3.05) is 21.1 Å². The van der Waals surface area contributed by atoms with Crippen molar-refractivity contribution < 1.29 is 25.8 Å². The molecule has 0 amide bonds. The van der Waals surface area contributed by atoms with E-state index in [1.165, 1.54) is 6.42 Å². The van der Waals surface area contributed by atoms with Crippen molar-refractivity contribution in [3.05, 3.63) is 6.92 Å². The summed E-state index contributed by atoms with van der Waals surface area (Å²) in [5, 5.41) is 0. The molecule has 0 rings (SSSR count). The van der Waals surface area contributed by atoms with Crippen molar-refractivity contribution in [1.29, 1.82) is 0 Å². The van der Waals surface area contributed by atoms with Gasteiger partial charge in [0.25, 0.3) is 0 Å². The van der Waals surface area contributed by atoms with Crippen molar-refractivity contribution in [1.82, 2.24) is 4.90 Å².